The Labute approximate surface area is 77.4 Å². The summed E-state index contributed by atoms with van der Waals surface area (Å²) >= 11 is 0. The zero-order chi connectivity index (χ0) is 10.1. The van der Waals surface area contributed by atoms with Crippen LogP contribution < -0.4 is 0 Å². The Balaban J connectivity index is 3.58. The molecule has 0 atom stereocenters. The van der Waals surface area contributed by atoms with Gasteiger partial charge in [0.2, 0.25) is 0 Å². The van der Waals surface area contributed by atoms with Crippen molar-refractivity contribution >= 4 is 11.8 Å². The van der Waals surface area contributed by atoms with Gasteiger partial charge in [0, 0.05) is 6.08 Å². The van der Waals surface area contributed by atoms with Crippen molar-refractivity contribution in [3.05, 3.63) is 37.0 Å². The maximum Gasteiger partial charge on any atom is 0.330 e. The molecule has 0 aromatic heterocycles. The highest BCUT2D eigenvalue weighted by molar-refractivity contribution is 5.87. The second-order valence-corrected chi connectivity index (χ2v) is 2.23. The molecule has 0 aliphatic heterocycles. The summed E-state index contributed by atoms with van der Waals surface area (Å²) in [6.45, 7) is 4.89. The molecule has 0 saturated carbocycles. The van der Waals surface area contributed by atoms with Crippen LogP contribution in [-0.2, 0) is 14.3 Å². The lowest BCUT2D eigenvalue weighted by atomic mass is 10.3. The quantitative estimate of drug-likeness (QED) is 0.365. The largest absolute Gasteiger partial charge is 0.458 e. The summed E-state index contributed by atoms with van der Waals surface area (Å²) in [6.07, 6.45) is 7.37. The van der Waals surface area contributed by atoms with Gasteiger partial charge in [-0.05, 0) is 19.1 Å². The number of ether oxygens (including phenoxy) is 1. The van der Waals surface area contributed by atoms with Crippen molar-refractivity contribution in [1.82, 2.24) is 0 Å². The topological polar surface area (TPSA) is 43.4 Å². The van der Waals surface area contributed by atoms with Crippen LogP contribution in [0.25, 0.3) is 0 Å². The Morgan fingerprint density at radius 2 is 2.08 bits per heavy atom. The highest BCUT2D eigenvalue weighted by Gasteiger charge is 1.89. The predicted octanol–water partition coefficient (Wildman–Crippen LogP) is 1.42. The van der Waals surface area contributed by atoms with Crippen molar-refractivity contribution < 1.29 is 14.3 Å². The van der Waals surface area contributed by atoms with Gasteiger partial charge >= 0.3 is 5.97 Å². The van der Waals surface area contributed by atoms with E-state index >= 15 is 0 Å². The molecule has 3 heteroatoms. The van der Waals surface area contributed by atoms with Crippen molar-refractivity contribution in [3.63, 3.8) is 0 Å². The monoisotopic (exact) mass is 180 g/mol. The van der Waals surface area contributed by atoms with Gasteiger partial charge in [-0.25, -0.2) is 4.79 Å². The lowest BCUT2D eigenvalue weighted by Gasteiger charge is -1.93. The van der Waals surface area contributed by atoms with E-state index in [4.69, 9.17) is 0 Å². The smallest absolute Gasteiger partial charge is 0.330 e. The van der Waals surface area contributed by atoms with E-state index in [0.29, 0.717) is 0 Å². The van der Waals surface area contributed by atoms with Gasteiger partial charge in [-0.15, -0.1) is 0 Å². The molecule has 0 radical (unpaired) electrons. The lowest BCUT2D eigenvalue weighted by molar-refractivity contribution is -0.136. The summed E-state index contributed by atoms with van der Waals surface area (Å²) in [7, 11) is 0. The Morgan fingerprint density at radius 1 is 1.38 bits per heavy atom. The Kier molecular flexibility index (Phi) is 6.15. The number of ketones is 1. The third-order valence-electron chi connectivity index (χ3n) is 1.07. The molecule has 70 valence electrons. The molecular formula is C10H12O3. The second-order valence-electron chi connectivity index (χ2n) is 2.23. The molecule has 0 aromatic rings. The van der Waals surface area contributed by atoms with Crippen molar-refractivity contribution in [2.24, 2.45) is 0 Å². The molecule has 0 bridgehead atoms. The first-order valence-corrected chi connectivity index (χ1v) is 3.79. The maximum absolute atomic E-state index is 10.5. The molecule has 13 heavy (non-hydrogen) atoms. The van der Waals surface area contributed by atoms with Gasteiger partial charge in [0.1, 0.15) is 6.61 Å². The van der Waals surface area contributed by atoms with Crippen molar-refractivity contribution in [1.29, 1.82) is 0 Å². The SMILES string of the molecule is C=CC(=O)OC/C=C/C=C/C(C)=O. The highest BCUT2D eigenvalue weighted by atomic mass is 16.5. The molecular weight excluding hydrogens is 168 g/mol. The molecule has 0 fully saturated rings. The number of carbonyl (C=O) groups is 2. The van der Waals surface area contributed by atoms with Crippen LogP contribution in [0.15, 0.2) is 37.0 Å². The van der Waals surface area contributed by atoms with Gasteiger partial charge in [-0.3, -0.25) is 4.79 Å². The van der Waals surface area contributed by atoms with Crippen LogP contribution in [-0.4, -0.2) is 18.4 Å². The molecule has 0 heterocycles. The fourth-order valence-electron chi connectivity index (χ4n) is 0.514. The minimum Gasteiger partial charge on any atom is -0.458 e. The number of allylic oxidation sites excluding steroid dienone is 3. The summed E-state index contributed by atoms with van der Waals surface area (Å²) < 4.78 is 4.64. The first-order chi connectivity index (χ1) is 6.16. The first-order valence-electron chi connectivity index (χ1n) is 3.79. The molecule has 0 unspecified atom stereocenters. The van der Waals surface area contributed by atoms with Crippen LogP contribution in [0, 0.1) is 0 Å². The van der Waals surface area contributed by atoms with Crippen LogP contribution >= 0.6 is 0 Å². The van der Waals surface area contributed by atoms with Crippen LogP contribution in [0.4, 0.5) is 0 Å². The normalized spacial score (nSPS) is 10.5. The van der Waals surface area contributed by atoms with Crippen molar-refractivity contribution in [2.45, 2.75) is 6.92 Å². The van der Waals surface area contributed by atoms with Gasteiger partial charge in [0.25, 0.3) is 0 Å². The van der Waals surface area contributed by atoms with Gasteiger partial charge in [-0.1, -0.05) is 18.7 Å². The number of carbonyl (C=O) groups excluding carboxylic acids is 2. The zero-order valence-corrected chi connectivity index (χ0v) is 7.53. The lowest BCUT2D eigenvalue weighted by Crippen LogP contribution is -1.98. The second kappa shape index (κ2) is 7.03. The van der Waals surface area contributed by atoms with E-state index in [1.807, 2.05) is 0 Å². The fourth-order valence-corrected chi connectivity index (χ4v) is 0.514. The fraction of sp³-hybridized carbons (Fsp3) is 0.200. The number of hydrogen-bond acceptors (Lipinski definition) is 3. The molecule has 0 rings (SSSR count). The molecule has 0 N–H and O–H groups in total. The van der Waals surface area contributed by atoms with E-state index in [-0.39, 0.29) is 12.4 Å². The summed E-state index contributed by atoms with van der Waals surface area (Å²) in [4.78, 5) is 20.9. The van der Waals surface area contributed by atoms with Crippen molar-refractivity contribution in [2.75, 3.05) is 6.61 Å². The molecule has 0 aliphatic rings. The minimum atomic E-state index is -0.458. The average Bonchev–Trinajstić information content (AvgIpc) is 2.10. The number of esters is 1. The molecule has 0 spiro atoms. The summed E-state index contributed by atoms with van der Waals surface area (Å²) in [5.41, 5.74) is 0. The molecule has 0 aromatic carbocycles. The van der Waals surface area contributed by atoms with Gasteiger partial charge in [-0.2, -0.15) is 0 Å². The first kappa shape index (κ1) is 11.4. The third-order valence-corrected chi connectivity index (χ3v) is 1.07. The summed E-state index contributed by atoms with van der Waals surface area (Å²) in [5.74, 6) is -0.479. The van der Waals surface area contributed by atoms with Crippen LogP contribution in [0.2, 0.25) is 0 Å². The minimum absolute atomic E-state index is 0.0206. The van der Waals surface area contributed by atoms with E-state index in [9.17, 15) is 9.59 Å². The Hall–Kier alpha value is -1.64. The van der Waals surface area contributed by atoms with E-state index in [0.717, 1.165) is 6.08 Å². The number of rotatable bonds is 5. The average molecular weight is 180 g/mol. The summed E-state index contributed by atoms with van der Waals surface area (Å²) in [6, 6.07) is 0. The Bertz CT molecular complexity index is 249. The summed E-state index contributed by atoms with van der Waals surface area (Å²) in [5, 5.41) is 0. The predicted molar refractivity (Wildman–Crippen MR) is 50.1 cm³/mol. The molecule has 0 aliphatic carbocycles. The van der Waals surface area contributed by atoms with E-state index in [1.54, 1.807) is 18.2 Å². The zero-order valence-electron chi connectivity index (χ0n) is 7.53. The third kappa shape index (κ3) is 8.26. The molecule has 0 saturated heterocycles. The van der Waals surface area contributed by atoms with Gasteiger partial charge in [0.15, 0.2) is 5.78 Å². The van der Waals surface area contributed by atoms with E-state index in [1.165, 1.54) is 13.0 Å². The van der Waals surface area contributed by atoms with Gasteiger partial charge < -0.3 is 4.74 Å². The van der Waals surface area contributed by atoms with Crippen LogP contribution in [0.3, 0.4) is 0 Å². The van der Waals surface area contributed by atoms with Crippen LogP contribution in [0.5, 0.6) is 0 Å². The van der Waals surface area contributed by atoms with Gasteiger partial charge in [0.05, 0.1) is 0 Å². The highest BCUT2D eigenvalue weighted by Crippen LogP contribution is 1.83. The van der Waals surface area contributed by atoms with E-state index in [2.05, 4.69) is 11.3 Å². The standard InChI is InChI=1S/C10H12O3/c1-3-10(12)13-8-6-4-5-7-9(2)11/h3-7H,1,8H2,2H3/b6-4+,7-5+. The van der Waals surface area contributed by atoms with Crippen molar-refractivity contribution in [3.8, 4) is 0 Å². The Morgan fingerprint density at radius 3 is 2.62 bits per heavy atom. The van der Waals surface area contributed by atoms with Crippen LogP contribution in [0.1, 0.15) is 6.92 Å². The maximum atomic E-state index is 10.5. The molecule has 3 nitrogen and oxygen atoms in total. The van der Waals surface area contributed by atoms with E-state index < -0.39 is 5.97 Å². The number of hydrogen-bond donors (Lipinski definition) is 0. The molecule has 0 amide bonds.